The topological polar surface area (TPSA) is 15.8 Å². The first-order valence-electron chi connectivity index (χ1n) is 8.23. The number of aromatic amines is 1. The summed E-state index contributed by atoms with van der Waals surface area (Å²) in [5.41, 5.74) is 9.62. The normalized spacial score (nSPS) is 15.1. The predicted octanol–water partition coefficient (Wildman–Crippen LogP) is 5.94. The van der Waals surface area contributed by atoms with E-state index in [1.807, 2.05) is 0 Å². The summed E-state index contributed by atoms with van der Waals surface area (Å²) in [7, 11) is 0. The van der Waals surface area contributed by atoms with Gasteiger partial charge < -0.3 is 4.98 Å². The van der Waals surface area contributed by atoms with Gasteiger partial charge in [0.15, 0.2) is 0 Å². The molecule has 0 spiro atoms. The number of hydrogen-bond acceptors (Lipinski definition) is 0. The van der Waals surface area contributed by atoms with Gasteiger partial charge in [0.05, 0.1) is 0 Å². The number of nitrogens with one attached hydrogen (secondary N) is 1. The fourth-order valence-electron chi connectivity index (χ4n) is 4.50. The number of hydrogen-bond donors (Lipinski definition) is 1. The van der Waals surface area contributed by atoms with Gasteiger partial charge in [0.2, 0.25) is 0 Å². The van der Waals surface area contributed by atoms with Gasteiger partial charge in [0.25, 0.3) is 0 Å². The van der Waals surface area contributed by atoms with Crippen molar-refractivity contribution < 1.29 is 0 Å². The van der Waals surface area contributed by atoms with Gasteiger partial charge in [-0.1, -0.05) is 56.3 Å². The molecule has 1 aliphatic rings. The number of H-pyrrole nitrogens is 1. The fourth-order valence-corrected chi connectivity index (χ4v) is 4.50. The summed E-state index contributed by atoms with van der Waals surface area (Å²) >= 11 is 0. The van der Waals surface area contributed by atoms with Crippen LogP contribution in [0.2, 0.25) is 0 Å². The second-order valence-electron chi connectivity index (χ2n) is 7.21. The van der Waals surface area contributed by atoms with Crippen molar-refractivity contribution in [3.8, 4) is 11.1 Å². The smallest absolute Gasteiger partial charge is 0.0471 e. The van der Waals surface area contributed by atoms with Gasteiger partial charge in [-0.3, -0.25) is 0 Å². The molecule has 23 heavy (non-hydrogen) atoms. The molecule has 0 aliphatic heterocycles. The van der Waals surface area contributed by atoms with Gasteiger partial charge in [-0.25, -0.2) is 0 Å². The van der Waals surface area contributed by atoms with Crippen LogP contribution in [0.1, 0.15) is 30.5 Å². The largest absolute Gasteiger partial charge is 0.354 e. The zero-order valence-corrected chi connectivity index (χ0v) is 13.7. The van der Waals surface area contributed by atoms with Crippen molar-refractivity contribution in [2.24, 2.45) is 0 Å². The summed E-state index contributed by atoms with van der Waals surface area (Å²) in [5, 5.41) is 2.72. The number of fused-ring (bicyclic) bond motifs is 7. The molecule has 0 radical (unpaired) electrons. The van der Waals surface area contributed by atoms with Crippen LogP contribution in [0.4, 0.5) is 0 Å². The SMILES string of the molecule is Cc1cc2[nH]c3ccccc3c2c2c1-c1ccccc1C2(C)C. The lowest BCUT2D eigenvalue weighted by Gasteiger charge is -2.23. The summed E-state index contributed by atoms with van der Waals surface area (Å²) in [5.74, 6) is 0. The maximum Gasteiger partial charge on any atom is 0.0471 e. The molecule has 0 saturated heterocycles. The average Bonchev–Trinajstić information content (AvgIpc) is 3.01. The van der Waals surface area contributed by atoms with Gasteiger partial charge in [0, 0.05) is 27.2 Å². The van der Waals surface area contributed by atoms with E-state index in [1.54, 1.807) is 0 Å². The number of rotatable bonds is 0. The fraction of sp³-hybridized carbons (Fsp3) is 0.182. The first kappa shape index (κ1) is 13.0. The Morgan fingerprint density at radius 1 is 0.870 bits per heavy atom. The van der Waals surface area contributed by atoms with Crippen molar-refractivity contribution >= 4 is 21.8 Å². The Balaban J connectivity index is 2.07. The van der Waals surface area contributed by atoms with Crippen LogP contribution < -0.4 is 0 Å². The van der Waals surface area contributed by atoms with Gasteiger partial charge in [-0.2, -0.15) is 0 Å². The Morgan fingerprint density at radius 3 is 2.48 bits per heavy atom. The third-order valence-corrected chi connectivity index (χ3v) is 5.49. The summed E-state index contributed by atoms with van der Waals surface area (Å²) in [6.45, 7) is 6.96. The lowest BCUT2D eigenvalue weighted by molar-refractivity contribution is 0.666. The second kappa shape index (κ2) is 4.05. The lowest BCUT2D eigenvalue weighted by Crippen LogP contribution is -2.15. The molecule has 0 unspecified atom stereocenters. The average molecular weight is 297 g/mol. The predicted molar refractivity (Wildman–Crippen MR) is 98.1 cm³/mol. The van der Waals surface area contributed by atoms with Crippen LogP contribution in [0.25, 0.3) is 32.9 Å². The number of aryl methyl sites for hydroxylation is 1. The third-order valence-electron chi connectivity index (χ3n) is 5.49. The van der Waals surface area contributed by atoms with E-state index in [9.17, 15) is 0 Å². The molecular formula is C22H19N. The molecule has 0 atom stereocenters. The Bertz CT molecular complexity index is 1100. The number of para-hydroxylation sites is 1. The van der Waals surface area contributed by atoms with E-state index < -0.39 is 0 Å². The highest BCUT2D eigenvalue weighted by atomic mass is 14.7. The van der Waals surface area contributed by atoms with Crippen LogP contribution in [-0.2, 0) is 5.41 Å². The molecule has 1 N–H and O–H groups in total. The minimum absolute atomic E-state index is 0.0289. The summed E-state index contributed by atoms with van der Waals surface area (Å²) in [6, 6.07) is 19.8. The van der Waals surface area contributed by atoms with Crippen molar-refractivity contribution in [1.29, 1.82) is 0 Å². The molecule has 4 aromatic rings. The van der Waals surface area contributed by atoms with E-state index in [0.29, 0.717) is 0 Å². The number of aromatic nitrogens is 1. The van der Waals surface area contributed by atoms with Crippen LogP contribution in [0, 0.1) is 6.92 Å². The Hall–Kier alpha value is -2.54. The maximum atomic E-state index is 3.61. The highest BCUT2D eigenvalue weighted by Gasteiger charge is 2.38. The van der Waals surface area contributed by atoms with Crippen molar-refractivity contribution in [3.63, 3.8) is 0 Å². The quantitative estimate of drug-likeness (QED) is 0.413. The minimum Gasteiger partial charge on any atom is -0.354 e. The van der Waals surface area contributed by atoms with Crippen LogP contribution in [0.3, 0.4) is 0 Å². The highest BCUT2D eigenvalue weighted by molar-refractivity contribution is 6.13. The molecule has 0 amide bonds. The third kappa shape index (κ3) is 1.47. The van der Waals surface area contributed by atoms with E-state index in [2.05, 4.69) is 80.4 Å². The standard InChI is InChI=1S/C22H19N/c1-13-12-18-20(15-9-5-7-11-17(15)23-18)21-19(13)14-8-4-6-10-16(14)22(21,2)3/h4-12,23H,1-3H3. The zero-order chi connectivity index (χ0) is 15.8. The molecule has 1 aliphatic carbocycles. The first-order valence-corrected chi connectivity index (χ1v) is 8.23. The zero-order valence-electron chi connectivity index (χ0n) is 13.7. The monoisotopic (exact) mass is 297 g/mol. The van der Waals surface area contributed by atoms with E-state index in [1.165, 1.54) is 49.6 Å². The van der Waals surface area contributed by atoms with Crippen molar-refractivity contribution in [3.05, 3.63) is 71.3 Å². The molecule has 1 nitrogen and oxygen atoms in total. The Kier molecular flexibility index (Phi) is 2.28. The second-order valence-corrected chi connectivity index (χ2v) is 7.21. The van der Waals surface area contributed by atoms with Gasteiger partial charge >= 0.3 is 0 Å². The molecule has 1 heteroatoms. The van der Waals surface area contributed by atoms with Crippen LogP contribution in [0.5, 0.6) is 0 Å². The molecule has 0 saturated carbocycles. The molecule has 3 aromatic carbocycles. The van der Waals surface area contributed by atoms with Gasteiger partial charge in [-0.15, -0.1) is 0 Å². The Morgan fingerprint density at radius 2 is 1.61 bits per heavy atom. The molecular weight excluding hydrogens is 278 g/mol. The number of benzene rings is 3. The lowest BCUT2D eigenvalue weighted by atomic mass is 9.80. The molecule has 112 valence electrons. The van der Waals surface area contributed by atoms with Gasteiger partial charge in [0.1, 0.15) is 0 Å². The Labute approximate surface area is 136 Å². The summed E-state index contributed by atoms with van der Waals surface area (Å²) in [4.78, 5) is 3.61. The molecule has 0 bridgehead atoms. The van der Waals surface area contributed by atoms with Crippen molar-refractivity contribution in [2.75, 3.05) is 0 Å². The highest BCUT2D eigenvalue weighted by Crippen LogP contribution is 2.53. The van der Waals surface area contributed by atoms with E-state index in [-0.39, 0.29) is 5.41 Å². The summed E-state index contributed by atoms with van der Waals surface area (Å²) < 4.78 is 0. The van der Waals surface area contributed by atoms with E-state index in [4.69, 9.17) is 0 Å². The van der Waals surface area contributed by atoms with Crippen LogP contribution in [-0.4, -0.2) is 4.98 Å². The molecule has 0 fully saturated rings. The molecule has 1 aromatic heterocycles. The van der Waals surface area contributed by atoms with E-state index in [0.717, 1.165) is 0 Å². The first-order chi connectivity index (χ1) is 11.1. The van der Waals surface area contributed by atoms with Crippen LogP contribution in [0.15, 0.2) is 54.6 Å². The maximum absolute atomic E-state index is 3.61. The molecule has 1 heterocycles. The van der Waals surface area contributed by atoms with Crippen molar-refractivity contribution in [2.45, 2.75) is 26.2 Å². The summed E-state index contributed by atoms with van der Waals surface area (Å²) in [6.07, 6.45) is 0. The van der Waals surface area contributed by atoms with Gasteiger partial charge in [-0.05, 0) is 46.9 Å². The molecule has 5 rings (SSSR count). The van der Waals surface area contributed by atoms with Crippen molar-refractivity contribution in [1.82, 2.24) is 4.98 Å². The van der Waals surface area contributed by atoms with E-state index >= 15 is 0 Å². The minimum atomic E-state index is 0.0289. The van der Waals surface area contributed by atoms with Crippen LogP contribution >= 0.6 is 0 Å².